The Hall–Kier alpha value is -2.05. The van der Waals surface area contributed by atoms with Gasteiger partial charge in [-0.1, -0.05) is 0 Å². The number of nitrogens with zero attached hydrogens (tertiary/aromatic N) is 2. The molecular weight excluding hydrogens is 250 g/mol. The number of rotatable bonds is 4. The molecule has 1 N–H and O–H groups in total. The normalized spacial score (nSPS) is 18.4. The molecule has 0 bridgehead atoms. The van der Waals surface area contributed by atoms with Crippen molar-refractivity contribution in [2.24, 2.45) is 0 Å². The number of aromatic nitrogens is 1. The Balaban J connectivity index is 2.13. The van der Waals surface area contributed by atoms with Crippen LogP contribution in [0.25, 0.3) is 0 Å². The fourth-order valence-corrected chi connectivity index (χ4v) is 2.13. The second-order valence-electron chi connectivity index (χ2n) is 4.20. The van der Waals surface area contributed by atoms with Gasteiger partial charge in [-0.3, -0.25) is 4.79 Å². The van der Waals surface area contributed by atoms with E-state index in [-0.39, 0.29) is 30.3 Å². The molecule has 1 aliphatic heterocycles. The Morgan fingerprint density at radius 2 is 2.42 bits per heavy atom. The highest BCUT2D eigenvalue weighted by Crippen LogP contribution is 2.25. The van der Waals surface area contributed by atoms with Crippen molar-refractivity contribution >= 4 is 17.9 Å². The van der Waals surface area contributed by atoms with Crippen molar-refractivity contribution in [1.29, 1.82) is 0 Å². The Labute approximate surface area is 110 Å². The molecule has 1 amide bonds. The van der Waals surface area contributed by atoms with Gasteiger partial charge in [-0.05, 0) is 19.8 Å². The molecule has 1 aromatic rings. The number of amides is 1. The lowest BCUT2D eigenvalue weighted by Gasteiger charge is -2.20. The zero-order chi connectivity index (χ0) is 13.8. The molecule has 1 unspecified atom stereocenters. The van der Waals surface area contributed by atoms with Crippen LogP contribution in [0, 0.1) is 0 Å². The molecule has 1 fully saturated rings. The maximum atomic E-state index is 11.7. The van der Waals surface area contributed by atoms with Crippen molar-refractivity contribution in [2.75, 3.05) is 25.1 Å². The van der Waals surface area contributed by atoms with Gasteiger partial charge in [-0.15, -0.1) is 0 Å². The highest BCUT2D eigenvalue weighted by atomic mass is 16.5. The predicted octanol–water partition coefficient (Wildman–Crippen LogP) is 0.566. The summed E-state index contributed by atoms with van der Waals surface area (Å²) in [6.45, 7) is 2.69. The summed E-state index contributed by atoms with van der Waals surface area (Å²) < 4.78 is 10.1. The number of likely N-dealkylation sites (N-methyl/N-ethyl adjacent to an activating group) is 1. The lowest BCUT2D eigenvalue weighted by molar-refractivity contribution is -0.121. The molecule has 2 rings (SSSR count). The number of oxazole rings is 1. The van der Waals surface area contributed by atoms with Gasteiger partial charge >= 0.3 is 5.97 Å². The minimum absolute atomic E-state index is 0.0756. The van der Waals surface area contributed by atoms with Crippen molar-refractivity contribution in [3.63, 3.8) is 0 Å². The summed E-state index contributed by atoms with van der Waals surface area (Å²) in [6.07, 6.45) is 2.89. The van der Waals surface area contributed by atoms with Crippen LogP contribution in [0.4, 0.5) is 6.01 Å². The first-order valence-electron chi connectivity index (χ1n) is 6.28. The van der Waals surface area contributed by atoms with Gasteiger partial charge in [0, 0.05) is 13.6 Å². The van der Waals surface area contributed by atoms with Crippen LogP contribution in [-0.2, 0) is 9.53 Å². The molecule has 1 aliphatic rings. The van der Waals surface area contributed by atoms with Crippen LogP contribution >= 0.6 is 0 Å². The highest BCUT2D eigenvalue weighted by molar-refractivity contribution is 5.88. The minimum atomic E-state index is -0.520. The second-order valence-corrected chi connectivity index (χ2v) is 4.20. The van der Waals surface area contributed by atoms with E-state index < -0.39 is 5.97 Å². The molecule has 1 atom stereocenters. The maximum absolute atomic E-state index is 11.7. The molecule has 1 saturated heterocycles. The van der Waals surface area contributed by atoms with E-state index in [4.69, 9.17) is 9.15 Å². The van der Waals surface area contributed by atoms with Crippen molar-refractivity contribution in [3.05, 3.63) is 12.0 Å². The topological polar surface area (TPSA) is 84.7 Å². The first kappa shape index (κ1) is 13.4. The van der Waals surface area contributed by atoms with E-state index in [2.05, 4.69) is 10.3 Å². The van der Waals surface area contributed by atoms with E-state index in [9.17, 15) is 9.59 Å². The fraction of sp³-hybridized carbons (Fsp3) is 0.583. The van der Waals surface area contributed by atoms with Crippen LogP contribution < -0.4 is 10.2 Å². The molecule has 0 saturated carbocycles. The average molecular weight is 267 g/mol. The predicted molar refractivity (Wildman–Crippen MR) is 66.9 cm³/mol. The smallest absolute Gasteiger partial charge is 0.360 e. The number of carbonyl (C=O) groups is 2. The van der Waals surface area contributed by atoms with Gasteiger partial charge in [0.25, 0.3) is 6.01 Å². The molecule has 19 heavy (non-hydrogen) atoms. The number of esters is 1. The lowest BCUT2D eigenvalue weighted by atomic mass is 10.2. The molecule has 0 aromatic carbocycles. The van der Waals surface area contributed by atoms with E-state index >= 15 is 0 Å². The van der Waals surface area contributed by atoms with Gasteiger partial charge in [0.2, 0.25) is 5.91 Å². The van der Waals surface area contributed by atoms with Gasteiger partial charge in [0.05, 0.1) is 6.61 Å². The SMILES string of the molecule is CCOC(=O)c1coc(N2CCCC2C(=O)NC)n1. The van der Waals surface area contributed by atoms with Crippen LogP contribution in [0.3, 0.4) is 0 Å². The molecular formula is C12H17N3O4. The summed E-state index contributed by atoms with van der Waals surface area (Å²) >= 11 is 0. The summed E-state index contributed by atoms with van der Waals surface area (Å²) in [5.74, 6) is -0.596. The zero-order valence-corrected chi connectivity index (χ0v) is 11.0. The Kier molecular flexibility index (Phi) is 4.03. The van der Waals surface area contributed by atoms with Crippen LogP contribution in [0.15, 0.2) is 10.7 Å². The Bertz CT molecular complexity index is 471. The monoisotopic (exact) mass is 267 g/mol. The largest absolute Gasteiger partial charge is 0.461 e. The van der Waals surface area contributed by atoms with E-state index in [0.29, 0.717) is 6.54 Å². The van der Waals surface area contributed by atoms with Gasteiger partial charge in [-0.25, -0.2) is 4.79 Å². The molecule has 0 aliphatic carbocycles. The van der Waals surface area contributed by atoms with Crippen molar-refractivity contribution < 1.29 is 18.7 Å². The first-order valence-corrected chi connectivity index (χ1v) is 6.28. The third-order valence-corrected chi connectivity index (χ3v) is 3.02. The molecule has 2 heterocycles. The minimum Gasteiger partial charge on any atom is -0.461 e. The van der Waals surface area contributed by atoms with E-state index in [0.717, 1.165) is 12.8 Å². The van der Waals surface area contributed by atoms with Crippen molar-refractivity contribution in [3.8, 4) is 0 Å². The standard InChI is InChI=1S/C12H17N3O4/c1-3-18-11(17)8-7-19-12(14-8)15-6-4-5-9(15)10(16)13-2/h7,9H,3-6H2,1-2H3,(H,13,16). The molecule has 0 spiro atoms. The Morgan fingerprint density at radius 3 is 3.11 bits per heavy atom. The van der Waals surface area contributed by atoms with Crippen LogP contribution in [-0.4, -0.2) is 43.1 Å². The summed E-state index contributed by atoms with van der Waals surface area (Å²) in [4.78, 5) is 29.1. The fourth-order valence-electron chi connectivity index (χ4n) is 2.13. The van der Waals surface area contributed by atoms with E-state index in [1.807, 2.05) is 0 Å². The molecule has 7 nitrogen and oxygen atoms in total. The number of carbonyl (C=O) groups excluding carboxylic acids is 2. The molecule has 104 valence electrons. The second kappa shape index (κ2) is 5.73. The Morgan fingerprint density at radius 1 is 1.63 bits per heavy atom. The van der Waals surface area contributed by atoms with Crippen LogP contribution in [0.2, 0.25) is 0 Å². The first-order chi connectivity index (χ1) is 9.17. The quantitative estimate of drug-likeness (QED) is 0.803. The molecule has 7 heteroatoms. The maximum Gasteiger partial charge on any atom is 0.360 e. The molecule has 0 radical (unpaired) electrons. The van der Waals surface area contributed by atoms with Gasteiger partial charge in [0.1, 0.15) is 12.3 Å². The third kappa shape index (κ3) is 2.69. The average Bonchev–Trinajstić information content (AvgIpc) is 3.06. The van der Waals surface area contributed by atoms with Crippen molar-refractivity contribution in [2.45, 2.75) is 25.8 Å². The summed E-state index contributed by atoms with van der Waals surface area (Å²) in [6, 6.07) is -0.00662. The number of ether oxygens (including phenoxy) is 1. The number of nitrogens with one attached hydrogen (secondary N) is 1. The van der Waals surface area contributed by atoms with Gasteiger partial charge < -0.3 is 19.4 Å². The summed E-state index contributed by atoms with van der Waals surface area (Å²) in [7, 11) is 1.60. The number of hydrogen-bond donors (Lipinski definition) is 1. The highest BCUT2D eigenvalue weighted by Gasteiger charge is 2.33. The lowest BCUT2D eigenvalue weighted by Crippen LogP contribution is -2.42. The zero-order valence-electron chi connectivity index (χ0n) is 11.0. The van der Waals surface area contributed by atoms with Crippen LogP contribution in [0.5, 0.6) is 0 Å². The van der Waals surface area contributed by atoms with Crippen molar-refractivity contribution in [1.82, 2.24) is 10.3 Å². The number of anilines is 1. The third-order valence-electron chi connectivity index (χ3n) is 3.02. The molecule has 1 aromatic heterocycles. The van der Waals surface area contributed by atoms with Gasteiger partial charge in [0.15, 0.2) is 5.69 Å². The summed E-state index contributed by atoms with van der Waals surface area (Å²) in [5.41, 5.74) is 0.124. The van der Waals surface area contributed by atoms with E-state index in [1.165, 1.54) is 6.26 Å². The van der Waals surface area contributed by atoms with Gasteiger partial charge in [-0.2, -0.15) is 4.98 Å². The number of hydrogen-bond acceptors (Lipinski definition) is 6. The summed E-state index contributed by atoms with van der Waals surface area (Å²) in [5, 5.41) is 2.61. The van der Waals surface area contributed by atoms with E-state index in [1.54, 1.807) is 18.9 Å². The van der Waals surface area contributed by atoms with Crippen LogP contribution in [0.1, 0.15) is 30.3 Å².